The second-order valence-corrected chi connectivity index (χ2v) is 6.01. The largest absolute Gasteiger partial charge is 0.495 e. The lowest BCUT2D eigenvalue weighted by molar-refractivity contribution is 0.0696. The van der Waals surface area contributed by atoms with Crippen molar-refractivity contribution < 1.29 is 23.1 Å². The Hall–Kier alpha value is -1.60. The monoisotopic (exact) mass is 301 g/mol. The zero-order chi connectivity index (χ0) is 15.2. The number of hydrogen-bond acceptors (Lipinski definition) is 4. The third-order valence-electron chi connectivity index (χ3n) is 2.77. The van der Waals surface area contributed by atoms with E-state index in [1.165, 1.54) is 25.3 Å². The number of ether oxygens (including phenoxy) is 1. The number of aromatic carboxylic acids is 1. The molecule has 0 radical (unpaired) electrons. The van der Waals surface area contributed by atoms with Crippen LogP contribution in [0.1, 0.15) is 36.5 Å². The fraction of sp³-hybridized carbons (Fsp3) is 0.462. The lowest BCUT2D eigenvalue weighted by Gasteiger charge is -2.11. The summed E-state index contributed by atoms with van der Waals surface area (Å²) in [5.41, 5.74) is -0.0215. The minimum absolute atomic E-state index is 0.0212. The van der Waals surface area contributed by atoms with Crippen LogP contribution < -0.4 is 9.46 Å². The molecule has 0 bridgehead atoms. The van der Waals surface area contributed by atoms with Crippen molar-refractivity contribution in [2.45, 2.75) is 31.1 Å². The van der Waals surface area contributed by atoms with E-state index in [0.717, 1.165) is 19.3 Å². The second-order valence-electron chi connectivity index (χ2n) is 4.28. The smallest absolute Gasteiger partial charge is 0.335 e. The van der Waals surface area contributed by atoms with Gasteiger partial charge in [0.25, 0.3) is 0 Å². The summed E-state index contributed by atoms with van der Waals surface area (Å²) < 4.78 is 31.7. The minimum atomic E-state index is -3.69. The average molecular weight is 301 g/mol. The summed E-state index contributed by atoms with van der Waals surface area (Å²) >= 11 is 0. The van der Waals surface area contributed by atoms with E-state index < -0.39 is 16.0 Å². The SMILES string of the molecule is CCCCCNS(=O)(=O)c1ccc(C(=O)O)cc1OC. The summed E-state index contributed by atoms with van der Waals surface area (Å²) in [5, 5.41) is 8.88. The number of methoxy groups -OCH3 is 1. The van der Waals surface area contributed by atoms with Crippen LogP contribution in [-0.2, 0) is 10.0 Å². The predicted octanol–water partition coefficient (Wildman–Crippen LogP) is 1.86. The molecule has 20 heavy (non-hydrogen) atoms. The minimum Gasteiger partial charge on any atom is -0.495 e. The molecule has 0 aromatic heterocycles. The maximum absolute atomic E-state index is 12.1. The zero-order valence-corrected chi connectivity index (χ0v) is 12.4. The van der Waals surface area contributed by atoms with Gasteiger partial charge in [-0.25, -0.2) is 17.9 Å². The van der Waals surface area contributed by atoms with E-state index in [2.05, 4.69) is 4.72 Å². The van der Waals surface area contributed by atoms with Gasteiger partial charge in [0.1, 0.15) is 10.6 Å². The topological polar surface area (TPSA) is 92.7 Å². The Bertz CT molecular complexity index is 568. The van der Waals surface area contributed by atoms with Crippen LogP contribution in [0.25, 0.3) is 0 Å². The molecule has 1 aromatic carbocycles. The van der Waals surface area contributed by atoms with Crippen LogP contribution in [0, 0.1) is 0 Å². The van der Waals surface area contributed by atoms with Crippen LogP contribution in [0.2, 0.25) is 0 Å². The van der Waals surface area contributed by atoms with Crippen molar-refractivity contribution in [2.24, 2.45) is 0 Å². The lowest BCUT2D eigenvalue weighted by Crippen LogP contribution is -2.25. The Morgan fingerprint density at radius 3 is 2.60 bits per heavy atom. The van der Waals surface area contributed by atoms with Crippen LogP contribution in [-0.4, -0.2) is 33.1 Å². The Kier molecular flexibility index (Phi) is 5.97. The third kappa shape index (κ3) is 4.21. The van der Waals surface area contributed by atoms with Crippen molar-refractivity contribution in [1.29, 1.82) is 0 Å². The number of unbranched alkanes of at least 4 members (excludes halogenated alkanes) is 2. The molecule has 1 rings (SSSR count). The molecular weight excluding hydrogens is 282 g/mol. The van der Waals surface area contributed by atoms with Gasteiger partial charge in [-0.2, -0.15) is 0 Å². The van der Waals surface area contributed by atoms with E-state index in [4.69, 9.17) is 9.84 Å². The van der Waals surface area contributed by atoms with E-state index in [1.807, 2.05) is 6.92 Å². The van der Waals surface area contributed by atoms with Gasteiger partial charge in [-0.05, 0) is 24.6 Å². The van der Waals surface area contributed by atoms with Crippen molar-refractivity contribution >= 4 is 16.0 Å². The van der Waals surface area contributed by atoms with E-state index in [1.54, 1.807) is 0 Å². The highest BCUT2D eigenvalue weighted by atomic mass is 32.2. The normalized spacial score (nSPS) is 11.3. The summed E-state index contributed by atoms with van der Waals surface area (Å²) in [6.07, 6.45) is 2.70. The average Bonchev–Trinajstić information content (AvgIpc) is 2.42. The third-order valence-corrected chi connectivity index (χ3v) is 4.27. The molecule has 0 aliphatic carbocycles. The Morgan fingerprint density at radius 2 is 2.05 bits per heavy atom. The van der Waals surface area contributed by atoms with Crippen molar-refractivity contribution in [3.05, 3.63) is 23.8 Å². The van der Waals surface area contributed by atoms with E-state index in [9.17, 15) is 13.2 Å². The van der Waals surface area contributed by atoms with Gasteiger partial charge in [-0.1, -0.05) is 19.8 Å². The highest BCUT2D eigenvalue weighted by Gasteiger charge is 2.20. The lowest BCUT2D eigenvalue weighted by atomic mass is 10.2. The number of carbonyl (C=O) groups is 1. The maximum atomic E-state index is 12.1. The number of nitrogens with one attached hydrogen (secondary N) is 1. The number of rotatable bonds is 8. The Balaban J connectivity index is 2.96. The van der Waals surface area contributed by atoms with Gasteiger partial charge in [-0.15, -0.1) is 0 Å². The molecule has 0 fully saturated rings. The molecule has 0 saturated carbocycles. The molecule has 2 N–H and O–H groups in total. The summed E-state index contributed by atoms with van der Waals surface area (Å²) in [6.45, 7) is 2.38. The summed E-state index contributed by atoms with van der Waals surface area (Å²) in [5.74, 6) is -1.11. The molecule has 0 amide bonds. The van der Waals surface area contributed by atoms with Gasteiger partial charge in [-0.3, -0.25) is 0 Å². The first-order valence-electron chi connectivity index (χ1n) is 6.33. The number of carboxylic acid groups (broad SMARTS) is 1. The fourth-order valence-corrected chi connectivity index (χ4v) is 2.90. The fourth-order valence-electron chi connectivity index (χ4n) is 1.68. The quantitative estimate of drug-likeness (QED) is 0.715. The molecule has 7 heteroatoms. The molecule has 1 aromatic rings. The summed E-state index contributed by atoms with van der Waals surface area (Å²) in [4.78, 5) is 10.8. The molecule has 0 aliphatic rings. The first kappa shape index (κ1) is 16.5. The molecular formula is C13H19NO5S. The molecule has 0 saturated heterocycles. The van der Waals surface area contributed by atoms with Gasteiger partial charge in [0.05, 0.1) is 12.7 Å². The van der Waals surface area contributed by atoms with Crippen molar-refractivity contribution in [3.8, 4) is 5.75 Å². The highest BCUT2D eigenvalue weighted by molar-refractivity contribution is 7.89. The van der Waals surface area contributed by atoms with Crippen LogP contribution in [0.15, 0.2) is 23.1 Å². The van der Waals surface area contributed by atoms with Crippen molar-refractivity contribution in [3.63, 3.8) is 0 Å². The summed E-state index contributed by atoms with van der Waals surface area (Å²) in [6, 6.07) is 3.68. The van der Waals surface area contributed by atoms with Crippen LogP contribution >= 0.6 is 0 Å². The maximum Gasteiger partial charge on any atom is 0.335 e. The van der Waals surface area contributed by atoms with Gasteiger partial charge in [0, 0.05) is 6.54 Å². The molecule has 0 unspecified atom stereocenters. The molecule has 0 aliphatic heterocycles. The van der Waals surface area contributed by atoms with E-state index in [0.29, 0.717) is 6.54 Å². The number of hydrogen-bond donors (Lipinski definition) is 2. The molecule has 112 valence electrons. The van der Waals surface area contributed by atoms with Crippen LogP contribution in [0.5, 0.6) is 5.75 Å². The first-order valence-corrected chi connectivity index (χ1v) is 7.81. The number of sulfonamides is 1. The van der Waals surface area contributed by atoms with Crippen molar-refractivity contribution in [1.82, 2.24) is 4.72 Å². The van der Waals surface area contributed by atoms with Gasteiger partial charge < -0.3 is 9.84 Å². The highest BCUT2D eigenvalue weighted by Crippen LogP contribution is 2.24. The predicted molar refractivity (Wildman–Crippen MR) is 74.7 cm³/mol. The van der Waals surface area contributed by atoms with E-state index >= 15 is 0 Å². The van der Waals surface area contributed by atoms with E-state index in [-0.39, 0.29) is 16.2 Å². The summed E-state index contributed by atoms with van der Waals surface area (Å²) in [7, 11) is -2.39. The van der Waals surface area contributed by atoms with Crippen LogP contribution in [0.4, 0.5) is 0 Å². The number of carboxylic acids is 1. The van der Waals surface area contributed by atoms with Gasteiger partial charge in [0.15, 0.2) is 0 Å². The second kappa shape index (κ2) is 7.25. The zero-order valence-electron chi connectivity index (χ0n) is 11.5. The Morgan fingerprint density at radius 1 is 1.35 bits per heavy atom. The van der Waals surface area contributed by atoms with Gasteiger partial charge >= 0.3 is 5.97 Å². The van der Waals surface area contributed by atoms with Crippen LogP contribution in [0.3, 0.4) is 0 Å². The molecule has 0 spiro atoms. The molecule has 0 heterocycles. The standard InChI is InChI=1S/C13H19NO5S/c1-3-4-5-8-14-20(17,18)12-7-6-10(13(15)16)9-11(12)19-2/h6-7,9,14H,3-5,8H2,1-2H3,(H,15,16). The molecule has 6 nitrogen and oxygen atoms in total. The number of benzene rings is 1. The van der Waals surface area contributed by atoms with Crippen molar-refractivity contribution in [2.75, 3.05) is 13.7 Å². The Labute approximate surface area is 118 Å². The first-order chi connectivity index (χ1) is 9.42. The van der Waals surface area contributed by atoms with Gasteiger partial charge in [0.2, 0.25) is 10.0 Å². The molecule has 0 atom stereocenters.